The Hall–Kier alpha value is -2.40. The second kappa shape index (κ2) is 12.0. The minimum atomic E-state index is -0.397. The highest BCUT2D eigenvalue weighted by molar-refractivity contribution is 7.11. The summed E-state index contributed by atoms with van der Waals surface area (Å²) in [6.45, 7) is 12.6. The van der Waals surface area contributed by atoms with E-state index in [9.17, 15) is 9.18 Å². The molecule has 0 unspecified atom stereocenters. The third-order valence-corrected chi connectivity index (χ3v) is 5.89. The van der Waals surface area contributed by atoms with Gasteiger partial charge in [0, 0.05) is 34.1 Å². The number of alkyl halides is 1. The number of benzene rings is 1. The molecule has 2 aromatic rings. The van der Waals surface area contributed by atoms with Crippen LogP contribution in [0.25, 0.3) is 17.2 Å². The second-order valence-electron chi connectivity index (χ2n) is 8.69. The van der Waals surface area contributed by atoms with Crippen LogP contribution in [0.1, 0.15) is 64.0 Å². The third kappa shape index (κ3) is 7.06. The zero-order chi connectivity index (χ0) is 23.7. The number of ether oxygens (including phenoxy) is 2. The summed E-state index contributed by atoms with van der Waals surface area (Å²) in [6, 6.07) is 6.49. The Bertz CT molecular complexity index is 964. The number of hydrogen-bond acceptors (Lipinski definition) is 4. The Labute approximate surface area is 196 Å². The van der Waals surface area contributed by atoms with Gasteiger partial charge in [-0.25, -0.2) is 4.79 Å². The zero-order valence-corrected chi connectivity index (χ0v) is 20.9. The fourth-order valence-electron chi connectivity index (χ4n) is 3.33. The van der Waals surface area contributed by atoms with Crippen molar-refractivity contribution in [2.75, 3.05) is 19.9 Å². The van der Waals surface area contributed by atoms with Crippen LogP contribution in [0.3, 0.4) is 0 Å². The Morgan fingerprint density at radius 2 is 1.94 bits per heavy atom. The van der Waals surface area contributed by atoms with Crippen molar-refractivity contribution >= 4 is 23.4 Å². The molecule has 32 heavy (non-hydrogen) atoms. The highest BCUT2D eigenvalue weighted by atomic mass is 32.1. The molecular formula is C27H35FO3S. The average Bonchev–Trinajstić information content (AvgIpc) is 3.20. The molecule has 0 aliphatic rings. The van der Waals surface area contributed by atoms with Gasteiger partial charge in [0.15, 0.2) is 0 Å². The first-order chi connectivity index (χ1) is 15.2. The molecule has 1 aromatic carbocycles. The lowest BCUT2D eigenvalue weighted by Gasteiger charge is -2.26. The zero-order valence-electron chi connectivity index (χ0n) is 20.1. The smallest absolute Gasteiger partial charge is 0.330 e. The van der Waals surface area contributed by atoms with Gasteiger partial charge in [-0.05, 0) is 60.4 Å². The molecule has 1 aromatic heterocycles. The number of carbonyl (C=O) groups is 1. The Kier molecular flexibility index (Phi) is 9.70. The third-order valence-electron chi connectivity index (χ3n) is 5.00. The van der Waals surface area contributed by atoms with Gasteiger partial charge in [-0.1, -0.05) is 39.8 Å². The van der Waals surface area contributed by atoms with Gasteiger partial charge >= 0.3 is 5.97 Å². The minimum Gasteiger partial charge on any atom is -0.493 e. The molecule has 0 aliphatic carbocycles. The summed E-state index contributed by atoms with van der Waals surface area (Å²) in [5.41, 5.74) is 5.18. The van der Waals surface area contributed by atoms with Crippen molar-refractivity contribution in [2.24, 2.45) is 0 Å². The van der Waals surface area contributed by atoms with E-state index in [2.05, 4.69) is 51.3 Å². The summed E-state index contributed by atoms with van der Waals surface area (Å²) in [5.74, 6) is 0.491. The standard InChI is InChI=1S/C27H35FO3S/c1-7-20-17-22(26(31-14-9-13-28)23(18-20)27(4,5)6)21-12-15-32-24(21)11-10-19(3)16-25(29)30-8-2/h10-12,15-18H,7-9,13-14H2,1-6H3/b11-10+,19-16+. The van der Waals surface area contributed by atoms with Crippen LogP contribution >= 0.6 is 11.3 Å². The van der Waals surface area contributed by atoms with E-state index < -0.39 is 6.67 Å². The molecule has 0 fully saturated rings. The van der Waals surface area contributed by atoms with Crippen molar-refractivity contribution in [2.45, 2.75) is 59.8 Å². The summed E-state index contributed by atoms with van der Waals surface area (Å²) < 4.78 is 23.9. The average molecular weight is 459 g/mol. The highest BCUT2D eigenvalue weighted by Gasteiger charge is 2.24. The second-order valence-corrected chi connectivity index (χ2v) is 9.63. The van der Waals surface area contributed by atoms with E-state index in [1.807, 2.05) is 19.1 Å². The molecule has 174 valence electrons. The maximum Gasteiger partial charge on any atom is 0.330 e. The number of allylic oxidation sites excluding steroid dienone is 2. The SMILES string of the molecule is CCOC(=O)/C=C(C)/C=C/c1sccc1-c1cc(CC)cc(C(C)(C)C)c1OCCCF. The molecule has 0 N–H and O–H groups in total. The lowest BCUT2D eigenvalue weighted by atomic mass is 9.82. The summed E-state index contributed by atoms with van der Waals surface area (Å²) in [5, 5.41) is 2.06. The first-order valence-corrected chi connectivity index (χ1v) is 12.1. The number of halogens is 1. The van der Waals surface area contributed by atoms with Crippen LogP contribution in [0.2, 0.25) is 0 Å². The van der Waals surface area contributed by atoms with Crippen LogP contribution in [0.15, 0.2) is 41.3 Å². The van der Waals surface area contributed by atoms with Crippen molar-refractivity contribution in [1.82, 2.24) is 0 Å². The highest BCUT2D eigenvalue weighted by Crippen LogP contribution is 2.43. The van der Waals surface area contributed by atoms with Crippen LogP contribution in [0.4, 0.5) is 4.39 Å². The van der Waals surface area contributed by atoms with E-state index in [0.717, 1.165) is 39.3 Å². The van der Waals surface area contributed by atoms with Gasteiger partial charge in [-0.2, -0.15) is 0 Å². The molecule has 0 saturated carbocycles. The van der Waals surface area contributed by atoms with Gasteiger partial charge in [0.2, 0.25) is 0 Å². The Morgan fingerprint density at radius 1 is 1.19 bits per heavy atom. The molecule has 1 heterocycles. The van der Waals surface area contributed by atoms with E-state index in [1.165, 1.54) is 11.6 Å². The quantitative estimate of drug-likeness (QED) is 0.160. The summed E-state index contributed by atoms with van der Waals surface area (Å²) in [7, 11) is 0. The van der Waals surface area contributed by atoms with Gasteiger partial charge < -0.3 is 9.47 Å². The van der Waals surface area contributed by atoms with E-state index in [4.69, 9.17) is 9.47 Å². The largest absolute Gasteiger partial charge is 0.493 e. The lowest BCUT2D eigenvalue weighted by molar-refractivity contribution is -0.137. The molecule has 0 aliphatic heterocycles. The van der Waals surface area contributed by atoms with Gasteiger partial charge in [0.1, 0.15) is 5.75 Å². The van der Waals surface area contributed by atoms with Crippen LogP contribution < -0.4 is 4.74 Å². The first kappa shape index (κ1) is 25.9. The number of aryl methyl sites for hydroxylation is 1. The molecule has 0 atom stereocenters. The summed E-state index contributed by atoms with van der Waals surface area (Å²) >= 11 is 1.63. The molecule has 0 saturated heterocycles. The molecule has 2 rings (SSSR count). The number of esters is 1. The maximum atomic E-state index is 12.8. The number of rotatable bonds is 10. The predicted molar refractivity (Wildman–Crippen MR) is 133 cm³/mol. The predicted octanol–water partition coefficient (Wildman–Crippen LogP) is 7.54. The Balaban J connectivity index is 2.54. The molecule has 0 amide bonds. The number of carbonyl (C=O) groups excluding carboxylic acids is 1. The molecule has 0 radical (unpaired) electrons. The topological polar surface area (TPSA) is 35.5 Å². The normalized spacial score (nSPS) is 12.4. The molecule has 5 heteroatoms. The van der Waals surface area contributed by atoms with E-state index >= 15 is 0 Å². The summed E-state index contributed by atoms with van der Waals surface area (Å²) in [4.78, 5) is 12.8. The lowest BCUT2D eigenvalue weighted by Crippen LogP contribution is -2.15. The van der Waals surface area contributed by atoms with Gasteiger partial charge in [0.05, 0.1) is 19.9 Å². The van der Waals surface area contributed by atoms with E-state index in [1.54, 1.807) is 18.3 Å². The van der Waals surface area contributed by atoms with Crippen molar-refractivity contribution in [3.05, 3.63) is 57.3 Å². The van der Waals surface area contributed by atoms with Crippen molar-refractivity contribution in [1.29, 1.82) is 0 Å². The van der Waals surface area contributed by atoms with Gasteiger partial charge in [0.25, 0.3) is 0 Å². The fraction of sp³-hybridized carbons (Fsp3) is 0.444. The van der Waals surface area contributed by atoms with Gasteiger partial charge in [-0.15, -0.1) is 11.3 Å². The summed E-state index contributed by atoms with van der Waals surface area (Å²) in [6.07, 6.45) is 6.72. The molecule has 3 nitrogen and oxygen atoms in total. The maximum absolute atomic E-state index is 12.8. The van der Waals surface area contributed by atoms with Crippen LogP contribution in [0.5, 0.6) is 5.75 Å². The fourth-order valence-corrected chi connectivity index (χ4v) is 4.13. The van der Waals surface area contributed by atoms with Crippen LogP contribution in [-0.4, -0.2) is 25.9 Å². The van der Waals surface area contributed by atoms with Crippen LogP contribution in [-0.2, 0) is 21.4 Å². The van der Waals surface area contributed by atoms with Crippen LogP contribution in [0, 0.1) is 0 Å². The molecular weight excluding hydrogens is 423 g/mol. The molecule has 0 bridgehead atoms. The Morgan fingerprint density at radius 3 is 2.56 bits per heavy atom. The monoisotopic (exact) mass is 458 g/mol. The minimum absolute atomic E-state index is 0.115. The first-order valence-electron chi connectivity index (χ1n) is 11.2. The van der Waals surface area contributed by atoms with E-state index in [-0.39, 0.29) is 11.4 Å². The van der Waals surface area contributed by atoms with Crippen molar-refractivity contribution < 1.29 is 18.7 Å². The van der Waals surface area contributed by atoms with Crippen molar-refractivity contribution in [3.63, 3.8) is 0 Å². The number of hydrogen-bond donors (Lipinski definition) is 0. The molecule has 0 spiro atoms. The number of thiophene rings is 1. The van der Waals surface area contributed by atoms with E-state index in [0.29, 0.717) is 19.6 Å². The van der Waals surface area contributed by atoms with Crippen molar-refractivity contribution in [3.8, 4) is 16.9 Å². The van der Waals surface area contributed by atoms with Gasteiger partial charge in [-0.3, -0.25) is 4.39 Å².